The van der Waals surface area contributed by atoms with Crippen LogP contribution in [0.4, 0.5) is 0 Å². The van der Waals surface area contributed by atoms with Crippen molar-refractivity contribution in [3.8, 4) is 5.75 Å². The molecule has 0 aliphatic rings. The molecule has 1 aromatic carbocycles. The lowest BCUT2D eigenvalue weighted by molar-refractivity contribution is 0.0755. The molecule has 0 N–H and O–H groups in total. The summed E-state index contributed by atoms with van der Waals surface area (Å²) in [5, 5.41) is 0. The number of hydrogen-bond donors (Lipinski definition) is 0. The lowest BCUT2D eigenvalue weighted by atomic mass is 10.2. The largest absolute Gasteiger partial charge is 0.494 e. The smallest absolute Gasteiger partial charge is 0.253 e. The average molecular weight is 249 g/mol. The number of nitrogens with zero attached hydrogens (tertiary/aromatic N) is 1. The van der Waals surface area contributed by atoms with Gasteiger partial charge in [0, 0.05) is 18.7 Å². The number of amides is 1. The summed E-state index contributed by atoms with van der Waals surface area (Å²) in [5.74, 6) is 0.873. The van der Waals surface area contributed by atoms with E-state index in [1.807, 2.05) is 45.2 Å². The summed E-state index contributed by atoms with van der Waals surface area (Å²) in [4.78, 5) is 13.8. The van der Waals surface area contributed by atoms with Gasteiger partial charge in [0.15, 0.2) is 0 Å². The topological polar surface area (TPSA) is 29.5 Å². The van der Waals surface area contributed by atoms with Crippen molar-refractivity contribution < 1.29 is 9.53 Å². The molecule has 1 rings (SSSR count). The molecule has 0 atom stereocenters. The molecule has 1 aromatic rings. The van der Waals surface area contributed by atoms with Gasteiger partial charge in [0.25, 0.3) is 5.91 Å². The molecule has 0 saturated heterocycles. The molecule has 3 nitrogen and oxygen atoms in total. The number of ether oxygens (including phenoxy) is 1. The predicted molar refractivity (Wildman–Crippen MR) is 74.1 cm³/mol. The fourth-order valence-electron chi connectivity index (χ4n) is 1.47. The van der Waals surface area contributed by atoms with Crippen LogP contribution in [-0.4, -0.2) is 30.5 Å². The summed E-state index contributed by atoms with van der Waals surface area (Å²) in [6.07, 6.45) is 2.17. The van der Waals surface area contributed by atoms with Gasteiger partial charge in [-0.15, -0.1) is 0 Å². The number of carbonyl (C=O) groups excluding carboxylic acids is 1. The minimum atomic E-state index is 0.0464. The second-order valence-electron chi connectivity index (χ2n) is 4.74. The van der Waals surface area contributed by atoms with Crippen molar-refractivity contribution >= 4 is 5.91 Å². The maximum atomic E-state index is 12.0. The highest BCUT2D eigenvalue weighted by atomic mass is 16.5. The van der Waals surface area contributed by atoms with Crippen molar-refractivity contribution in [3.63, 3.8) is 0 Å². The van der Waals surface area contributed by atoms with Gasteiger partial charge in [0.2, 0.25) is 0 Å². The zero-order valence-electron chi connectivity index (χ0n) is 11.8. The van der Waals surface area contributed by atoms with Crippen LogP contribution < -0.4 is 4.74 Å². The van der Waals surface area contributed by atoms with Gasteiger partial charge in [-0.05, 0) is 44.5 Å². The highest BCUT2D eigenvalue weighted by Gasteiger charge is 2.13. The third kappa shape index (κ3) is 4.06. The van der Waals surface area contributed by atoms with Gasteiger partial charge >= 0.3 is 0 Å². The van der Waals surface area contributed by atoms with Gasteiger partial charge in [-0.25, -0.2) is 0 Å². The predicted octanol–water partition coefficient (Wildman–Crippen LogP) is 3.35. The van der Waals surface area contributed by atoms with Gasteiger partial charge in [-0.2, -0.15) is 0 Å². The van der Waals surface area contributed by atoms with Crippen molar-refractivity contribution in [1.29, 1.82) is 0 Å². The maximum Gasteiger partial charge on any atom is 0.253 e. The van der Waals surface area contributed by atoms with E-state index in [4.69, 9.17) is 4.74 Å². The third-order valence-electron chi connectivity index (χ3n) is 2.96. The summed E-state index contributed by atoms with van der Waals surface area (Å²) in [7, 11) is 1.82. The van der Waals surface area contributed by atoms with Crippen molar-refractivity contribution in [2.45, 2.75) is 39.7 Å². The molecule has 0 heterocycles. The molecular weight excluding hydrogens is 226 g/mol. The van der Waals surface area contributed by atoms with Crippen molar-refractivity contribution in [2.24, 2.45) is 0 Å². The number of rotatable bonds is 6. The fourth-order valence-corrected chi connectivity index (χ4v) is 1.47. The number of unbranched alkanes of at least 4 members (excludes halogenated alkanes) is 1. The van der Waals surface area contributed by atoms with Crippen LogP contribution in [-0.2, 0) is 0 Å². The molecule has 18 heavy (non-hydrogen) atoms. The summed E-state index contributed by atoms with van der Waals surface area (Å²) < 4.78 is 5.56. The molecule has 0 bridgehead atoms. The lowest BCUT2D eigenvalue weighted by Crippen LogP contribution is -2.32. The highest BCUT2D eigenvalue weighted by molar-refractivity contribution is 5.94. The van der Waals surface area contributed by atoms with Crippen LogP contribution in [0, 0.1) is 0 Å². The first-order valence-corrected chi connectivity index (χ1v) is 6.56. The van der Waals surface area contributed by atoms with E-state index in [-0.39, 0.29) is 11.9 Å². The third-order valence-corrected chi connectivity index (χ3v) is 2.96. The molecular formula is C15H23NO2. The van der Waals surface area contributed by atoms with E-state index in [2.05, 4.69) is 6.92 Å². The molecule has 0 aliphatic heterocycles. The van der Waals surface area contributed by atoms with E-state index in [0.29, 0.717) is 5.56 Å². The first-order chi connectivity index (χ1) is 8.56. The monoisotopic (exact) mass is 249 g/mol. The highest BCUT2D eigenvalue weighted by Crippen LogP contribution is 2.14. The first kappa shape index (κ1) is 14.6. The van der Waals surface area contributed by atoms with Crippen molar-refractivity contribution in [2.75, 3.05) is 13.7 Å². The fraction of sp³-hybridized carbons (Fsp3) is 0.533. The van der Waals surface area contributed by atoms with E-state index >= 15 is 0 Å². The summed E-state index contributed by atoms with van der Waals surface area (Å²) in [6, 6.07) is 7.57. The van der Waals surface area contributed by atoms with Crippen LogP contribution in [0.5, 0.6) is 5.75 Å². The van der Waals surface area contributed by atoms with Crippen LogP contribution in [0.25, 0.3) is 0 Å². The molecule has 0 saturated carbocycles. The number of benzene rings is 1. The van der Waals surface area contributed by atoms with Gasteiger partial charge in [0.05, 0.1) is 6.61 Å². The lowest BCUT2D eigenvalue weighted by Gasteiger charge is -2.21. The normalized spacial score (nSPS) is 10.5. The standard InChI is InChI=1S/C15H23NO2/c1-5-6-11-18-14-9-7-13(8-10-14)15(17)16(4)12(2)3/h7-10,12H,5-6,11H2,1-4H3. The molecule has 0 radical (unpaired) electrons. The van der Waals surface area contributed by atoms with E-state index in [0.717, 1.165) is 25.2 Å². The molecule has 1 amide bonds. The van der Waals surface area contributed by atoms with E-state index in [1.54, 1.807) is 4.90 Å². The molecule has 100 valence electrons. The molecule has 3 heteroatoms. The van der Waals surface area contributed by atoms with Crippen molar-refractivity contribution in [1.82, 2.24) is 4.90 Å². The Morgan fingerprint density at radius 1 is 1.28 bits per heavy atom. The van der Waals surface area contributed by atoms with Crippen LogP contribution in [0.1, 0.15) is 44.0 Å². The van der Waals surface area contributed by atoms with Crippen LogP contribution in [0.2, 0.25) is 0 Å². The SMILES string of the molecule is CCCCOc1ccc(C(=O)N(C)C(C)C)cc1. The van der Waals surface area contributed by atoms with Crippen molar-refractivity contribution in [3.05, 3.63) is 29.8 Å². The minimum Gasteiger partial charge on any atom is -0.494 e. The Morgan fingerprint density at radius 2 is 1.89 bits per heavy atom. The van der Waals surface area contributed by atoms with Gasteiger partial charge in [-0.1, -0.05) is 13.3 Å². The molecule has 0 spiro atoms. The second-order valence-corrected chi connectivity index (χ2v) is 4.74. The molecule has 0 aromatic heterocycles. The van der Waals surface area contributed by atoms with Crippen LogP contribution in [0.15, 0.2) is 24.3 Å². The quantitative estimate of drug-likeness (QED) is 0.724. The van der Waals surface area contributed by atoms with Gasteiger partial charge in [0.1, 0.15) is 5.75 Å². The van der Waals surface area contributed by atoms with E-state index < -0.39 is 0 Å². The first-order valence-electron chi connectivity index (χ1n) is 6.56. The second kappa shape index (κ2) is 7.04. The number of carbonyl (C=O) groups is 1. The molecule has 0 aliphatic carbocycles. The zero-order valence-corrected chi connectivity index (χ0v) is 11.8. The van der Waals surface area contributed by atoms with Gasteiger partial charge < -0.3 is 9.64 Å². The van der Waals surface area contributed by atoms with Crippen LogP contribution >= 0.6 is 0 Å². The zero-order chi connectivity index (χ0) is 13.5. The molecule has 0 fully saturated rings. The van der Waals surface area contributed by atoms with Crippen LogP contribution in [0.3, 0.4) is 0 Å². The average Bonchev–Trinajstić information content (AvgIpc) is 2.38. The Morgan fingerprint density at radius 3 is 2.39 bits per heavy atom. The summed E-state index contributed by atoms with van der Waals surface area (Å²) >= 11 is 0. The minimum absolute atomic E-state index is 0.0464. The summed E-state index contributed by atoms with van der Waals surface area (Å²) in [6.45, 7) is 6.86. The Bertz CT molecular complexity index is 371. The van der Waals surface area contributed by atoms with E-state index in [9.17, 15) is 4.79 Å². The van der Waals surface area contributed by atoms with Gasteiger partial charge in [-0.3, -0.25) is 4.79 Å². The Kier molecular flexibility index (Phi) is 5.69. The Labute approximate surface area is 110 Å². The summed E-state index contributed by atoms with van der Waals surface area (Å²) in [5.41, 5.74) is 0.703. The maximum absolute atomic E-state index is 12.0. The molecule has 0 unspecified atom stereocenters. The Balaban J connectivity index is 2.62. The van der Waals surface area contributed by atoms with E-state index in [1.165, 1.54) is 0 Å². The Hall–Kier alpha value is -1.51. The number of hydrogen-bond acceptors (Lipinski definition) is 2.